The van der Waals surface area contributed by atoms with E-state index in [4.69, 9.17) is 4.74 Å². The summed E-state index contributed by atoms with van der Waals surface area (Å²) in [5.74, 6) is 0.205. The van der Waals surface area contributed by atoms with Crippen LogP contribution in [0.25, 0.3) is 10.9 Å². The standard InChI is InChI=1S/C20H27N3O3S/c1-3-7-14(2)21-18(24)13-27-20-22-17-10-5-4-9-16(17)19(25)23(20)12-15-8-6-11-26-15/h4-5,9-10,14-15H,3,6-8,11-13H2,1-2H3,(H,21,24)/t14-,15+/m1/s1. The van der Waals surface area contributed by atoms with Crippen LogP contribution < -0.4 is 10.9 Å². The maximum atomic E-state index is 13.0. The van der Waals surface area contributed by atoms with Crippen LogP contribution in [0.4, 0.5) is 0 Å². The van der Waals surface area contributed by atoms with Gasteiger partial charge in [0.1, 0.15) is 0 Å². The van der Waals surface area contributed by atoms with Crippen LogP contribution >= 0.6 is 11.8 Å². The minimum atomic E-state index is -0.0710. The molecule has 7 heteroatoms. The fraction of sp³-hybridized carbons (Fsp3) is 0.550. The van der Waals surface area contributed by atoms with Crippen molar-refractivity contribution in [1.29, 1.82) is 0 Å². The summed E-state index contributed by atoms with van der Waals surface area (Å²) in [4.78, 5) is 29.9. The Kier molecular flexibility index (Phi) is 6.90. The third-order valence-electron chi connectivity index (χ3n) is 4.70. The van der Waals surface area contributed by atoms with E-state index in [0.717, 1.165) is 32.3 Å². The van der Waals surface area contributed by atoms with E-state index < -0.39 is 0 Å². The lowest BCUT2D eigenvalue weighted by Gasteiger charge is -2.17. The fourth-order valence-corrected chi connectivity index (χ4v) is 4.18. The fourth-order valence-electron chi connectivity index (χ4n) is 3.36. The zero-order valence-corrected chi connectivity index (χ0v) is 16.8. The average molecular weight is 390 g/mol. The smallest absolute Gasteiger partial charge is 0.262 e. The summed E-state index contributed by atoms with van der Waals surface area (Å²) in [7, 11) is 0. The second kappa shape index (κ2) is 9.37. The van der Waals surface area contributed by atoms with Crippen molar-refractivity contribution in [3.63, 3.8) is 0 Å². The molecule has 1 fully saturated rings. The number of carbonyl (C=O) groups excluding carboxylic acids is 1. The molecule has 0 bridgehead atoms. The first-order valence-corrected chi connectivity index (χ1v) is 10.6. The summed E-state index contributed by atoms with van der Waals surface area (Å²) >= 11 is 1.31. The van der Waals surface area contributed by atoms with Gasteiger partial charge in [-0.25, -0.2) is 4.98 Å². The molecule has 2 heterocycles. The number of nitrogens with one attached hydrogen (secondary N) is 1. The summed E-state index contributed by atoms with van der Waals surface area (Å²) in [5, 5.41) is 4.17. The first-order chi connectivity index (χ1) is 13.1. The third kappa shape index (κ3) is 5.11. The summed E-state index contributed by atoms with van der Waals surface area (Å²) < 4.78 is 7.38. The van der Waals surface area contributed by atoms with Crippen LogP contribution in [0, 0.1) is 0 Å². The number of para-hydroxylation sites is 1. The number of rotatable bonds is 8. The second-order valence-corrected chi connectivity index (χ2v) is 7.95. The first-order valence-electron chi connectivity index (χ1n) is 9.61. The molecule has 1 amide bonds. The van der Waals surface area contributed by atoms with Gasteiger partial charge in [0.25, 0.3) is 5.56 Å². The Morgan fingerprint density at radius 2 is 2.26 bits per heavy atom. The quantitative estimate of drug-likeness (QED) is 0.555. The van der Waals surface area contributed by atoms with Crippen molar-refractivity contribution in [3.05, 3.63) is 34.6 Å². The number of amides is 1. The Balaban J connectivity index is 1.81. The predicted molar refractivity (Wildman–Crippen MR) is 108 cm³/mol. The molecule has 1 aliphatic heterocycles. The minimum Gasteiger partial charge on any atom is -0.376 e. The molecule has 0 unspecified atom stereocenters. The highest BCUT2D eigenvalue weighted by atomic mass is 32.2. The van der Waals surface area contributed by atoms with E-state index in [1.807, 2.05) is 25.1 Å². The molecule has 27 heavy (non-hydrogen) atoms. The van der Waals surface area contributed by atoms with E-state index in [9.17, 15) is 9.59 Å². The number of hydrogen-bond donors (Lipinski definition) is 1. The van der Waals surface area contributed by atoms with Gasteiger partial charge < -0.3 is 10.1 Å². The van der Waals surface area contributed by atoms with Crippen molar-refractivity contribution in [3.8, 4) is 0 Å². The molecule has 1 aromatic heterocycles. The Morgan fingerprint density at radius 3 is 3.00 bits per heavy atom. The Morgan fingerprint density at radius 1 is 1.44 bits per heavy atom. The van der Waals surface area contributed by atoms with E-state index in [1.165, 1.54) is 11.8 Å². The highest BCUT2D eigenvalue weighted by Crippen LogP contribution is 2.21. The number of ether oxygens (including phenoxy) is 1. The van der Waals surface area contributed by atoms with E-state index in [1.54, 1.807) is 10.6 Å². The molecule has 2 atom stereocenters. The number of benzene rings is 1. The zero-order valence-electron chi connectivity index (χ0n) is 15.9. The molecule has 0 aliphatic carbocycles. The van der Waals surface area contributed by atoms with Gasteiger partial charge in [-0.3, -0.25) is 14.2 Å². The number of hydrogen-bond acceptors (Lipinski definition) is 5. The highest BCUT2D eigenvalue weighted by molar-refractivity contribution is 7.99. The van der Waals surface area contributed by atoms with E-state index in [0.29, 0.717) is 22.6 Å². The Labute approximate surface area is 163 Å². The van der Waals surface area contributed by atoms with Crippen LogP contribution in [0.3, 0.4) is 0 Å². The molecule has 3 rings (SSSR count). The highest BCUT2D eigenvalue weighted by Gasteiger charge is 2.20. The molecular weight excluding hydrogens is 362 g/mol. The molecule has 0 spiro atoms. The summed E-state index contributed by atoms with van der Waals surface area (Å²) in [5.41, 5.74) is 0.590. The van der Waals surface area contributed by atoms with Crippen molar-refractivity contribution in [2.24, 2.45) is 0 Å². The molecule has 1 aliphatic rings. The zero-order chi connectivity index (χ0) is 19.2. The van der Waals surface area contributed by atoms with Crippen LogP contribution in [-0.2, 0) is 16.1 Å². The van der Waals surface area contributed by atoms with Gasteiger partial charge in [-0.1, -0.05) is 37.2 Å². The molecule has 1 N–H and O–H groups in total. The van der Waals surface area contributed by atoms with Gasteiger partial charge >= 0.3 is 0 Å². The van der Waals surface area contributed by atoms with Crippen LogP contribution in [0.1, 0.15) is 39.5 Å². The first kappa shape index (κ1) is 19.9. The summed E-state index contributed by atoms with van der Waals surface area (Å²) in [6.45, 7) is 5.32. The third-order valence-corrected chi connectivity index (χ3v) is 5.67. The number of carbonyl (C=O) groups is 1. The largest absolute Gasteiger partial charge is 0.376 e. The number of aromatic nitrogens is 2. The van der Waals surface area contributed by atoms with E-state index in [2.05, 4.69) is 17.2 Å². The van der Waals surface area contributed by atoms with E-state index in [-0.39, 0.29) is 29.4 Å². The lowest BCUT2D eigenvalue weighted by atomic mass is 10.2. The van der Waals surface area contributed by atoms with Crippen LogP contribution in [0.5, 0.6) is 0 Å². The number of nitrogens with zero attached hydrogens (tertiary/aromatic N) is 2. The average Bonchev–Trinajstić information content (AvgIpc) is 3.16. The van der Waals surface area contributed by atoms with Gasteiger partial charge in [0.05, 0.1) is 29.3 Å². The van der Waals surface area contributed by atoms with Gasteiger partial charge in [-0.15, -0.1) is 0 Å². The van der Waals surface area contributed by atoms with Gasteiger partial charge in [0.2, 0.25) is 5.91 Å². The van der Waals surface area contributed by atoms with Crippen molar-refractivity contribution >= 4 is 28.6 Å². The molecule has 1 saturated heterocycles. The van der Waals surface area contributed by atoms with Crippen molar-refractivity contribution < 1.29 is 9.53 Å². The van der Waals surface area contributed by atoms with Gasteiger partial charge in [-0.05, 0) is 38.3 Å². The van der Waals surface area contributed by atoms with Crippen molar-refractivity contribution in [2.45, 2.75) is 63.4 Å². The topological polar surface area (TPSA) is 73.2 Å². The van der Waals surface area contributed by atoms with Crippen molar-refractivity contribution in [2.75, 3.05) is 12.4 Å². The molecule has 0 radical (unpaired) electrons. The van der Waals surface area contributed by atoms with Crippen LogP contribution in [-0.4, -0.2) is 40.0 Å². The minimum absolute atomic E-state index is 0.0309. The normalized spacial score (nSPS) is 17.9. The van der Waals surface area contributed by atoms with Crippen LogP contribution in [0.15, 0.2) is 34.2 Å². The summed E-state index contributed by atoms with van der Waals surface area (Å²) in [6, 6.07) is 7.50. The maximum Gasteiger partial charge on any atom is 0.262 e. The molecular formula is C20H27N3O3S. The second-order valence-electron chi connectivity index (χ2n) is 7.01. The lowest BCUT2D eigenvalue weighted by molar-refractivity contribution is -0.119. The monoisotopic (exact) mass is 389 g/mol. The lowest BCUT2D eigenvalue weighted by Crippen LogP contribution is -2.34. The van der Waals surface area contributed by atoms with E-state index >= 15 is 0 Å². The van der Waals surface area contributed by atoms with Crippen LogP contribution in [0.2, 0.25) is 0 Å². The van der Waals surface area contributed by atoms with Gasteiger partial charge in [0.15, 0.2) is 5.16 Å². The molecule has 1 aromatic carbocycles. The molecule has 2 aromatic rings. The number of fused-ring (bicyclic) bond motifs is 1. The predicted octanol–water partition coefficient (Wildman–Crippen LogP) is 2.97. The summed E-state index contributed by atoms with van der Waals surface area (Å²) in [6.07, 6.45) is 3.97. The maximum absolute atomic E-state index is 13.0. The SMILES string of the molecule is CCC[C@@H](C)NC(=O)CSc1nc2ccccc2c(=O)n1C[C@@H]1CCCO1. The Hall–Kier alpha value is -1.86. The van der Waals surface area contributed by atoms with Gasteiger partial charge in [-0.2, -0.15) is 0 Å². The molecule has 6 nitrogen and oxygen atoms in total. The number of thioether (sulfide) groups is 1. The van der Waals surface area contributed by atoms with Crippen molar-refractivity contribution in [1.82, 2.24) is 14.9 Å². The molecule has 0 saturated carbocycles. The Bertz CT molecular complexity index is 846. The molecule has 146 valence electrons. The van der Waals surface area contributed by atoms with Gasteiger partial charge in [0, 0.05) is 12.6 Å².